The van der Waals surface area contributed by atoms with E-state index in [4.69, 9.17) is 15.9 Å². The fourth-order valence-electron chi connectivity index (χ4n) is 3.63. The summed E-state index contributed by atoms with van der Waals surface area (Å²) in [6.07, 6.45) is 10.7. The number of benzene rings is 2. The Balaban J connectivity index is 1.79. The number of methoxy groups -OCH3 is 2. The molecule has 0 bridgehead atoms. The van der Waals surface area contributed by atoms with Crippen molar-refractivity contribution in [3.8, 4) is 29.6 Å². The Labute approximate surface area is 175 Å². The number of ether oxygens (including phenoxy) is 2. The first-order valence-corrected chi connectivity index (χ1v) is 10.3. The normalized spacial score (nSPS) is 12.8. The minimum absolute atomic E-state index is 0.136. The zero-order valence-corrected chi connectivity index (χ0v) is 17.8. The van der Waals surface area contributed by atoms with Crippen LogP contribution in [0.15, 0.2) is 42.5 Å². The van der Waals surface area contributed by atoms with Gasteiger partial charge in [0.1, 0.15) is 5.75 Å². The molecule has 0 saturated carbocycles. The van der Waals surface area contributed by atoms with Crippen LogP contribution in [0.1, 0.15) is 43.7 Å². The number of phenols is 1. The minimum Gasteiger partial charge on any atom is -0.504 e. The number of nitrogens with one attached hydrogen (secondary N) is 1. The smallest absolute Gasteiger partial charge is 0.160 e. The van der Waals surface area contributed by atoms with Crippen molar-refractivity contribution in [2.24, 2.45) is 0 Å². The summed E-state index contributed by atoms with van der Waals surface area (Å²) < 4.78 is 10.4. The third kappa shape index (κ3) is 6.17. The summed E-state index contributed by atoms with van der Waals surface area (Å²) in [7, 11) is 3.24. The van der Waals surface area contributed by atoms with E-state index in [1.54, 1.807) is 26.4 Å². The quantitative estimate of drug-likeness (QED) is 0.404. The predicted molar refractivity (Wildman–Crippen MR) is 119 cm³/mol. The maximum absolute atomic E-state index is 10.1. The van der Waals surface area contributed by atoms with E-state index in [0.717, 1.165) is 56.5 Å². The highest BCUT2D eigenvalue weighted by atomic mass is 16.5. The van der Waals surface area contributed by atoms with E-state index in [1.807, 2.05) is 18.2 Å². The Hall–Kier alpha value is -2.64. The molecule has 0 amide bonds. The zero-order chi connectivity index (χ0) is 21.1. The lowest BCUT2D eigenvalue weighted by atomic mass is 9.75. The lowest BCUT2D eigenvalue weighted by Crippen LogP contribution is -2.24. The van der Waals surface area contributed by atoms with E-state index >= 15 is 0 Å². The van der Waals surface area contributed by atoms with Crippen molar-refractivity contribution in [2.75, 3.05) is 27.3 Å². The van der Waals surface area contributed by atoms with Gasteiger partial charge in [0, 0.05) is 0 Å². The van der Waals surface area contributed by atoms with E-state index in [2.05, 4.69) is 30.3 Å². The van der Waals surface area contributed by atoms with Gasteiger partial charge in [0.05, 0.1) is 19.6 Å². The summed E-state index contributed by atoms with van der Waals surface area (Å²) in [6.45, 7) is 4.00. The fraction of sp³-hybridized carbons (Fsp3) is 0.440. The molecule has 2 aromatic carbocycles. The first kappa shape index (κ1) is 22.6. The van der Waals surface area contributed by atoms with Crippen LogP contribution in [0, 0.1) is 12.3 Å². The number of terminal acetylenes is 1. The van der Waals surface area contributed by atoms with Crippen LogP contribution in [0.25, 0.3) is 0 Å². The molecule has 0 heterocycles. The maximum Gasteiger partial charge on any atom is 0.160 e. The molecule has 1 unspecified atom stereocenters. The van der Waals surface area contributed by atoms with Crippen molar-refractivity contribution in [3.63, 3.8) is 0 Å². The van der Waals surface area contributed by atoms with Gasteiger partial charge in [-0.05, 0) is 74.2 Å². The molecule has 0 spiro atoms. The molecule has 2 aromatic rings. The molecule has 156 valence electrons. The Morgan fingerprint density at radius 2 is 1.90 bits per heavy atom. The van der Waals surface area contributed by atoms with Crippen molar-refractivity contribution in [3.05, 3.63) is 53.6 Å². The summed E-state index contributed by atoms with van der Waals surface area (Å²) >= 11 is 0. The summed E-state index contributed by atoms with van der Waals surface area (Å²) in [5, 5.41) is 13.6. The molecular weight excluding hydrogens is 362 g/mol. The average molecular weight is 396 g/mol. The second kappa shape index (κ2) is 11.4. The molecule has 0 saturated heterocycles. The molecule has 2 N–H and O–H groups in total. The van der Waals surface area contributed by atoms with Gasteiger partial charge in [-0.2, -0.15) is 0 Å². The molecule has 0 radical (unpaired) electrons. The third-order valence-electron chi connectivity index (χ3n) is 5.54. The van der Waals surface area contributed by atoms with Gasteiger partial charge in [-0.1, -0.05) is 37.5 Å². The SMILES string of the molecule is C#CC(CC)(CCCCNCCc1cccc(OC)c1)c1ccc(OC)c(O)c1. The van der Waals surface area contributed by atoms with Crippen molar-refractivity contribution in [2.45, 2.75) is 44.4 Å². The van der Waals surface area contributed by atoms with Crippen LogP contribution in [0.2, 0.25) is 0 Å². The molecule has 0 fully saturated rings. The van der Waals surface area contributed by atoms with Gasteiger partial charge < -0.3 is 19.9 Å². The number of aromatic hydroxyl groups is 1. The Kier molecular flexibility index (Phi) is 8.89. The topological polar surface area (TPSA) is 50.7 Å². The Bertz CT molecular complexity index is 812. The predicted octanol–water partition coefficient (Wildman–Crippen LogP) is 4.69. The van der Waals surface area contributed by atoms with Crippen molar-refractivity contribution >= 4 is 0 Å². The zero-order valence-electron chi connectivity index (χ0n) is 17.8. The summed E-state index contributed by atoms with van der Waals surface area (Å²) in [4.78, 5) is 0. The highest BCUT2D eigenvalue weighted by Crippen LogP contribution is 2.37. The standard InChI is InChI=1S/C25H33NO3/c1-5-25(6-2,21-12-13-24(29-4)23(27)19-21)15-7-8-16-26-17-14-20-10-9-11-22(18-20)28-3/h1,9-13,18-19,26-27H,6-8,14-17H2,2-4H3. The van der Waals surface area contributed by atoms with Gasteiger partial charge in [0.2, 0.25) is 0 Å². The van der Waals surface area contributed by atoms with E-state index < -0.39 is 0 Å². The van der Waals surface area contributed by atoms with Crippen LogP contribution in [-0.2, 0) is 11.8 Å². The lowest BCUT2D eigenvalue weighted by Gasteiger charge is -2.28. The van der Waals surface area contributed by atoms with Gasteiger partial charge in [0.15, 0.2) is 11.5 Å². The van der Waals surface area contributed by atoms with E-state index in [-0.39, 0.29) is 11.2 Å². The second-order valence-electron chi connectivity index (χ2n) is 7.28. The van der Waals surface area contributed by atoms with E-state index in [0.29, 0.717) is 5.75 Å². The van der Waals surface area contributed by atoms with Crippen LogP contribution in [0.4, 0.5) is 0 Å². The highest BCUT2D eigenvalue weighted by Gasteiger charge is 2.28. The molecule has 0 aliphatic heterocycles. The number of hydrogen-bond donors (Lipinski definition) is 2. The average Bonchev–Trinajstić information content (AvgIpc) is 2.76. The largest absolute Gasteiger partial charge is 0.504 e. The van der Waals surface area contributed by atoms with Gasteiger partial charge in [0.25, 0.3) is 0 Å². The first-order chi connectivity index (χ1) is 14.1. The van der Waals surface area contributed by atoms with Crippen LogP contribution >= 0.6 is 0 Å². The Morgan fingerprint density at radius 3 is 2.55 bits per heavy atom. The highest BCUT2D eigenvalue weighted by molar-refractivity contribution is 5.46. The van der Waals surface area contributed by atoms with E-state index in [1.165, 1.54) is 5.56 Å². The lowest BCUT2D eigenvalue weighted by molar-refractivity contribution is 0.371. The van der Waals surface area contributed by atoms with E-state index in [9.17, 15) is 5.11 Å². The van der Waals surface area contributed by atoms with Crippen molar-refractivity contribution in [1.82, 2.24) is 5.32 Å². The monoisotopic (exact) mass is 395 g/mol. The van der Waals surface area contributed by atoms with Gasteiger partial charge in [-0.25, -0.2) is 0 Å². The fourth-order valence-corrected chi connectivity index (χ4v) is 3.63. The summed E-state index contributed by atoms with van der Waals surface area (Å²) in [5.41, 5.74) is 1.89. The van der Waals surface area contributed by atoms with Crippen molar-refractivity contribution in [1.29, 1.82) is 0 Å². The number of unbranched alkanes of at least 4 members (excludes halogenated alkanes) is 1. The molecule has 2 rings (SSSR count). The molecule has 4 heteroatoms. The molecular formula is C25H33NO3. The van der Waals surface area contributed by atoms with Crippen LogP contribution in [0.5, 0.6) is 17.2 Å². The second-order valence-corrected chi connectivity index (χ2v) is 7.28. The third-order valence-corrected chi connectivity index (χ3v) is 5.54. The molecule has 0 aromatic heterocycles. The van der Waals surface area contributed by atoms with Gasteiger partial charge >= 0.3 is 0 Å². The van der Waals surface area contributed by atoms with Crippen LogP contribution < -0.4 is 14.8 Å². The number of hydrogen-bond acceptors (Lipinski definition) is 4. The summed E-state index contributed by atoms with van der Waals surface area (Å²) in [6, 6.07) is 13.7. The maximum atomic E-state index is 10.1. The van der Waals surface area contributed by atoms with Crippen LogP contribution in [-0.4, -0.2) is 32.4 Å². The van der Waals surface area contributed by atoms with Gasteiger partial charge in [-0.3, -0.25) is 0 Å². The van der Waals surface area contributed by atoms with Gasteiger partial charge in [-0.15, -0.1) is 6.42 Å². The molecule has 1 atom stereocenters. The number of phenolic OH excluding ortho intramolecular Hbond substituents is 1. The molecule has 29 heavy (non-hydrogen) atoms. The molecule has 0 aliphatic carbocycles. The minimum atomic E-state index is -0.357. The number of rotatable bonds is 12. The Morgan fingerprint density at radius 1 is 1.07 bits per heavy atom. The summed E-state index contributed by atoms with van der Waals surface area (Å²) in [5.74, 6) is 4.50. The molecule has 4 nitrogen and oxygen atoms in total. The van der Waals surface area contributed by atoms with Crippen LogP contribution in [0.3, 0.4) is 0 Å². The first-order valence-electron chi connectivity index (χ1n) is 10.3. The van der Waals surface area contributed by atoms with Crippen molar-refractivity contribution < 1.29 is 14.6 Å². The molecule has 0 aliphatic rings.